The normalized spacial score (nSPS) is 10.8. The Bertz CT molecular complexity index is 1400. The van der Waals surface area contributed by atoms with E-state index in [4.69, 9.17) is 4.74 Å². The van der Waals surface area contributed by atoms with Gasteiger partial charge in [0.25, 0.3) is 0 Å². The molecule has 5 heteroatoms. The minimum atomic E-state index is 0.818. The monoisotopic (exact) mass is 446 g/mol. The molecule has 0 atom stereocenters. The summed E-state index contributed by atoms with van der Waals surface area (Å²) < 4.78 is 5.41. The Balaban J connectivity index is 1.28. The van der Waals surface area contributed by atoms with E-state index in [1.165, 1.54) is 11.1 Å². The summed E-state index contributed by atoms with van der Waals surface area (Å²) in [6.07, 6.45) is 4.44. The molecule has 5 rings (SSSR count). The van der Waals surface area contributed by atoms with Gasteiger partial charge in [0.2, 0.25) is 0 Å². The van der Waals surface area contributed by atoms with Gasteiger partial charge >= 0.3 is 0 Å². The number of hydrogen-bond donors (Lipinski definition) is 2. The lowest BCUT2D eigenvalue weighted by Crippen LogP contribution is -1.96. The Kier molecular flexibility index (Phi) is 6.08. The third-order valence-corrected chi connectivity index (χ3v) is 5.71. The van der Waals surface area contributed by atoms with Crippen molar-refractivity contribution >= 4 is 33.7 Å². The molecule has 168 valence electrons. The highest BCUT2D eigenvalue weighted by Crippen LogP contribution is 2.30. The summed E-state index contributed by atoms with van der Waals surface area (Å²) >= 11 is 0. The first kappa shape index (κ1) is 21.5. The first-order valence-electron chi connectivity index (χ1n) is 11.2. The van der Waals surface area contributed by atoms with Crippen LogP contribution in [0, 0.1) is 6.92 Å². The van der Waals surface area contributed by atoms with Crippen molar-refractivity contribution in [3.8, 4) is 5.75 Å². The van der Waals surface area contributed by atoms with Crippen LogP contribution < -0.4 is 15.4 Å². The lowest BCUT2D eigenvalue weighted by Gasteiger charge is -2.13. The Hall–Kier alpha value is -4.38. The van der Waals surface area contributed by atoms with Gasteiger partial charge in [0.15, 0.2) is 0 Å². The van der Waals surface area contributed by atoms with E-state index < -0.39 is 0 Å². The number of nitrogens with zero attached hydrogens (tertiary/aromatic N) is 2. The molecule has 0 saturated carbocycles. The van der Waals surface area contributed by atoms with Crippen LogP contribution in [0.3, 0.4) is 0 Å². The van der Waals surface area contributed by atoms with Gasteiger partial charge < -0.3 is 15.4 Å². The maximum atomic E-state index is 5.41. The second-order valence-electron chi connectivity index (χ2n) is 8.25. The summed E-state index contributed by atoms with van der Waals surface area (Å²) in [5, 5.41) is 7.98. The van der Waals surface area contributed by atoms with Crippen LogP contribution in [0.4, 0.5) is 22.7 Å². The molecule has 0 aliphatic heterocycles. The van der Waals surface area contributed by atoms with Gasteiger partial charge in [-0.2, -0.15) is 0 Å². The number of fused-ring (bicyclic) bond motifs is 1. The Morgan fingerprint density at radius 1 is 0.706 bits per heavy atom. The van der Waals surface area contributed by atoms with Gasteiger partial charge in [-0.25, -0.2) is 0 Å². The van der Waals surface area contributed by atoms with Gasteiger partial charge in [0, 0.05) is 46.2 Å². The number of rotatable bonds is 7. The van der Waals surface area contributed by atoms with Crippen molar-refractivity contribution in [2.75, 3.05) is 17.7 Å². The van der Waals surface area contributed by atoms with Crippen LogP contribution in [-0.2, 0) is 6.42 Å². The number of anilines is 4. The molecule has 5 aromatic rings. The van der Waals surface area contributed by atoms with Crippen molar-refractivity contribution in [2.24, 2.45) is 0 Å². The fourth-order valence-corrected chi connectivity index (χ4v) is 3.97. The van der Waals surface area contributed by atoms with Crippen molar-refractivity contribution in [1.82, 2.24) is 9.97 Å². The van der Waals surface area contributed by atoms with Gasteiger partial charge in [0.05, 0.1) is 12.6 Å². The zero-order valence-corrected chi connectivity index (χ0v) is 19.2. The molecule has 34 heavy (non-hydrogen) atoms. The molecule has 2 heterocycles. The van der Waals surface area contributed by atoms with Gasteiger partial charge in [0.1, 0.15) is 5.75 Å². The number of methoxy groups -OCH3 is 1. The summed E-state index contributed by atoms with van der Waals surface area (Å²) in [7, 11) is 1.68. The minimum absolute atomic E-state index is 0.818. The number of ether oxygens (including phenoxy) is 1. The Morgan fingerprint density at radius 3 is 1.97 bits per heavy atom. The second kappa shape index (κ2) is 9.63. The van der Waals surface area contributed by atoms with Crippen LogP contribution in [0.1, 0.15) is 16.8 Å². The zero-order valence-electron chi connectivity index (χ0n) is 19.2. The summed E-state index contributed by atoms with van der Waals surface area (Å²) in [6, 6.07) is 29.0. The Morgan fingerprint density at radius 2 is 1.32 bits per heavy atom. The Labute approximate surface area is 199 Å². The third-order valence-electron chi connectivity index (χ3n) is 5.71. The van der Waals surface area contributed by atoms with Crippen LogP contribution >= 0.6 is 0 Å². The molecule has 0 aliphatic carbocycles. The maximum absolute atomic E-state index is 5.41. The van der Waals surface area contributed by atoms with Crippen molar-refractivity contribution < 1.29 is 4.74 Å². The van der Waals surface area contributed by atoms with Gasteiger partial charge in [-0.1, -0.05) is 24.3 Å². The highest BCUT2D eigenvalue weighted by molar-refractivity contribution is 5.94. The maximum Gasteiger partial charge on any atom is 0.119 e. The van der Waals surface area contributed by atoms with Crippen LogP contribution in [-0.4, -0.2) is 17.1 Å². The fraction of sp³-hybridized carbons (Fsp3) is 0.103. The van der Waals surface area contributed by atoms with Crippen LogP contribution in [0.2, 0.25) is 0 Å². The largest absolute Gasteiger partial charge is 0.497 e. The number of aromatic nitrogens is 2. The molecule has 0 aliphatic rings. The molecule has 2 N–H and O–H groups in total. The molecule has 3 aromatic carbocycles. The molecule has 5 nitrogen and oxygen atoms in total. The van der Waals surface area contributed by atoms with E-state index in [2.05, 4.69) is 75.2 Å². The predicted molar refractivity (Wildman–Crippen MR) is 140 cm³/mol. The number of aryl methyl sites for hydroxylation is 1. The van der Waals surface area contributed by atoms with Crippen LogP contribution in [0.15, 0.2) is 97.3 Å². The molecule has 0 unspecified atom stereocenters. The standard InChI is InChI=1S/C29H26N4O/c1-20-17-29(27-19-26(34-2)11-12-28(27)31-20)33-24-9-5-22(6-10-24)18-21-3-7-23(8-4-21)32-25-13-15-30-16-14-25/h3-17,19H,18H2,1-2H3,(H,30,32)(H,31,33). The van der Waals surface area contributed by atoms with Crippen LogP contribution in [0.5, 0.6) is 5.75 Å². The van der Waals surface area contributed by atoms with E-state index in [9.17, 15) is 0 Å². The van der Waals surface area contributed by atoms with E-state index >= 15 is 0 Å². The third kappa shape index (κ3) is 4.99. The quantitative estimate of drug-likeness (QED) is 0.281. The SMILES string of the molecule is COc1ccc2nc(C)cc(Nc3ccc(Cc4ccc(Nc5ccncc5)cc4)cc3)c2c1. The van der Waals surface area contributed by atoms with E-state index in [-0.39, 0.29) is 0 Å². The molecule has 0 amide bonds. The second-order valence-corrected chi connectivity index (χ2v) is 8.25. The highest BCUT2D eigenvalue weighted by atomic mass is 16.5. The van der Waals surface area contributed by atoms with Crippen LogP contribution in [0.25, 0.3) is 10.9 Å². The van der Waals surface area contributed by atoms with Crippen molar-refractivity contribution in [3.05, 3.63) is 114 Å². The molecular weight excluding hydrogens is 420 g/mol. The van der Waals surface area contributed by atoms with Gasteiger partial charge in [-0.15, -0.1) is 0 Å². The number of nitrogens with one attached hydrogen (secondary N) is 2. The highest BCUT2D eigenvalue weighted by Gasteiger charge is 2.07. The fourth-order valence-electron chi connectivity index (χ4n) is 3.97. The summed E-state index contributed by atoms with van der Waals surface area (Å²) in [5.74, 6) is 0.818. The number of benzene rings is 3. The van der Waals surface area contributed by atoms with E-state index in [0.717, 1.165) is 51.5 Å². The van der Waals surface area contributed by atoms with Gasteiger partial charge in [-0.05, 0) is 85.1 Å². The molecule has 0 fully saturated rings. The van der Waals surface area contributed by atoms with Crippen molar-refractivity contribution in [2.45, 2.75) is 13.3 Å². The average molecular weight is 447 g/mol. The molecule has 0 bridgehead atoms. The minimum Gasteiger partial charge on any atom is -0.497 e. The van der Waals surface area contributed by atoms with E-state index in [1.807, 2.05) is 37.3 Å². The predicted octanol–water partition coefficient (Wildman–Crippen LogP) is 7.02. The molecule has 0 saturated heterocycles. The molecule has 0 radical (unpaired) electrons. The van der Waals surface area contributed by atoms with Gasteiger partial charge in [-0.3, -0.25) is 9.97 Å². The summed E-state index contributed by atoms with van der Waals surface area (Å²) in [6.45, 7) is 2.01. The zero-order chi connectivity index (χ0) is 23.3. The molecule has 0 spiro atoms. The lowest BCUT2D eigenvalue weighted by atomic mass is 10.0. The van der Waals surface area contributed by atoms with Crippen molar-refractivity contribution in [3.63, 3.8) is 0 Å². The lowest BCUT2D eigenvalue weighted by molar-refractivity contribution is 0.415. The van der Waals surface area contributed by atoms with Crippen molar-refractivity contribution in [1.29, 1.82) is 0 Å². The van der Waals surface area contributed by atoms with E-state index in [1.54, 1.807) is 19.5 Å². The number of pyridine rings is 2. The molecule has 2 aromatic heterocycles. The topological polar surface area (TPSA) is 59.1 Å². The average Bonchev–Trinajstić information content (AvgIpc) is 2.87. The smallest absolute Gasteiger partial charge is 0.119 e. The number of hydrogen-bond acceptors (Lipinski definition) is 5. The molecular formula is C29H26N4O. The first-order valence-corrected chi connectivity index (χ1v) is 11.2. The summed E-state index contributed by atoms with van der Waals surface area (Å²) in [4.78, 5) is 8.69. The summed E-state index contributed by atoms with van der Waals surface area (Å²) in [5.41, 5.74) is 8.59. The first-order chi connectivity index (χ1) is 16.7. The van der Waals surface area contributed by atoms with E-state index in [0.29, 0.717) is 0 Å².